The van der Waals surface area contributed by atoms with Crippen molar-refractivity contribution in [3.05, 3.63) is 81.0 Å². The van der Waals surface area contributed by atoms with E-state index in [-0.39, 0.29) is 5.71 Å². The van der Waals surface area contributed by atoms with E-state index in [1.54, 1.807) is 7.05 Å². The molecule has 2 aromatic heterocycles. The van der Waals surface area contributed by atoms with Gasteiger partial charge in [-0.25, -0.2) is 4.79 Å². The number of aromatic nitrogens is 2. The van der Waals surface area contributed by atoms with Gasteiger partial charge >= 0.3 is 5.69 Å². The number of nitrogens with zero attached hydrogens (tertiary/aromatic N) is 2. The van der Waals surface area contributed by atoms with Gasteiger partial charge in [-0.1, -0.05) is 49.4 Å². The van der Waals surface area contributed by atoms with Gasteiger partial charge in [-0.2, -0.15) is 0 Å². The second-order valence-electron chi connectivity index (χ2n) is 7.40. The largest absolute Gasteiger partial charge is 0.494 e. The van der Waals surface area contributed by atoms with Crippen LogP contribution in [0.15, 0.2) is 68.6 Å². The zero-order chi connectivity index (χ0) is 22.0. The Morgan fingerprint density at radius 2 is 1.68 bits per heavy atom. The predicted octanol–water partition coefficient (Wildman–Crippen LogP) is 3.90. The van der Waals surface area contributed by atoms with Crippen LogP contribution in [0.4, 0.5) is 5.88 Å². The van der Waals surface area contributed by atoms with E-state index in [2.05, 4.69) is 12.2 Å². The summed E-state index contributed by atoms with van der Waals surface area (Å²) in [6, 6.07) is 17.4. The van der Waals surface area contributed by atoms with Crippen molar-refractivity contribution in [1.29, 1.82) is 0 Å². The number of nitrogens with one attached hydrogen (secondary N) is 1. The standard InChI is InChI=1S/C24H25N3O4/c1-4-14-30-18-12-10-17(11-13-18)19-20-22(28)26(2)24(29)27(3)23(20)31-21(19)25-15-16-8-6-5-7-9-16/h5-13,25H,4,14-15H2,1-3H3. The quantitative estimate of drug-likeness (QED) is 0.492. The van der Waals surface area contributed by atoms with Gasteiger partial charge in [0.1, 0.15) is 11.1 Å². The number of fused-ring (bicyclic) bond motifs is 1. The molecule has 4 rings (SSSR count). The minimum atomic E-state index is -0.435. The number of hydrogen-bond donors (Lipinski definition) is 1. The van der Waals surface area contributed by atoms with Crippen molar-refractivity contribution in [3.8, 4) is 16.9 Å². The Morgan fingerprint density at radius 1 is 0.968 bits per heavy atom. The molecule has 7 heteroatoms. The first kappa shape index (κ1) is 20.5. The lowest BCUT2D eigenvalue weighted by Gasteiger charge is -2.08. The van der Waals surface area contributed by atoms with Gasteiger partial charge in [0.25, 0.3) is 5.56 Å². The summed E-state index contributed by atoms with van der Waals surface area (Å²) < 4.78 is 14.2. The molecule has 0 saturated heterocycles. The lowest BCUT2D eigenvalue weighted by atomic mass is 10.0. The number of benzene rings is 2. The number of aryl methyl sites for hydroxylation is 1. The van der Waals surface area contributed by atoms with Crippen molar-refractivity contribution in [3.63, 3.8) is 0 Å². The predicted molar refractivity (Wildman–Crippen MR) is 122 cm³/mol. The van der Waals surface area contributed by atoms with Crippen molar-refractivity contribution in [2.45, 2.75) is 19.9 Å². The highest BCUT2D eigenvalue weighted by atomic mass is 16.5. The summed E-state index contributed by atoms with van der Waals surface area (Å²) in [5.74, 6) is 1.21. The molecule has 0 fully saturated rings. The van der Waals surface area contributed by atoms with Crippen molar-refractivity contribution in [2.75, 3.05) is 11.9 Å². The van der Waals surface area contributed by atoms with Gasteiger partial charge in [0.2, 0.25) is 11.6 Å². The fraction of sp³-hybridized carbons (Fsp3) is 0.250. The molecule has 160 valence electrons. The van der Waals surface area contributed by atoms with Crippen molar-refractivity contribution in [1.82, 2.24) is 9.13 Å². The molecule has 0 saturated carbocycles. The van der Waals surface area contributed by atoms with E-state index in [1.165, 1.54) is 11.6 Å². The van der Waals surface area contributed by atoms with Crippen LogP contribution in [0.25, 0.3) is 22.2 Å². The van der Waals surface area contributed by atoms with Crippen molar-refractivity contribution in [2.24, 2.45) is 14.1 Å². The van der Waals surface area contributed by atoms with Gasteiger partial charge in [0.15, 0.2) is 0 Å². The van der Waals surface area contributed by atoms with Gasteiger partial charge < -0.3 is 14.5 Å². The summed E-state index contributed by atoms with van der Waals surface area (Å²) in [6.45, 7) is 3.21. The molecule has 0 radical (unpaired) electrons. The Balaban J connectivity index is 1.86. The van der Waals surface area contributed by atoms with Crippen LogP contribution in [0.1, 0.15) is 18.9 Å². The lowest BCUT2D eigenvalue weighted by Crippen LogP contribution is -2.36. The van der Waals surface area contributed by atoms with Gasteiger partial charge in [-0.3, -0.25) is 13.9 Å². The smallest absolute Gasteiger partial charge is 0.333 e. The molecular weight excluding hydrogens is 394 g/mol. The van der Waals surface area contributed by atoms with Gasteiger partial charge in [0, 0.05) is 20.6 Å². The van der Waals surface area contributed by atoms with Crippen LogP contribution >= 0.6 is 0 Å². The highest BCUT2D eigenvalue weighted by molar-refractivity contribution is 5.98. The first-order chi connectivity index (χ1) is 15.0. The molecule has 0 aliphatic rings. The molecule has 0 bridgehead atoms. The minimum Gasteiger partial charge on any atom is -0.494 e. The molecule has 4 aromatic rings. The summed E-state index contributed by atoms with van der Waals surface area (Å²) in [5, 5.41) is 3.66. The van der Waals surface area contributed by atoms with E-state index in [9.17, 15) is 9.59 Å². The third kappa shape index (κ3) is 3.86. The van der Waals surface area contributed by atoms with Crippen LogP contribution in [0.2, 0.25) is 0 Å². The lowest BCUT2D eigenvalue weighted by molar-refractivity contribution is 0.317. The molecule has 0 unspecified atom stereocenters. The van der Waals surface area contributed by atoms with Crippen LogP contribution < -0.4 is 21.3 Å². The molecule has 7 nitrogen and oxygen atoms in total. The Hall–Kier alpha value is -3.74. The molecular formula is C24H25N3O4. The third-order valence-corrected chi connectivity index (χ3v) is 5.20. The maximum absolute atomic E-state index is 13.0. The number of furan rings is 1. The molecule has 0 atom stereocenters. The first-order valence-corrected chi connectivity index (χ1v) is 10.2. The number of ether oxygens (including phenoxy) is 1. The van der Waals surface area contributed by atoms with E-state index in [1.807, 2.05) is 54.6 Å². The molecule has 2 aromatic carbocycles. The average molecular weight is 419 g/mol. The summed E-state index contributed by atoms with van der Waals surface area (Å²) in [6.07, 6.45) is 0.922. The summed E-state index contributed by atoms with van der Waals surface area (Å²) >= 11 is 0. The van der Waals surface area contributed by atoms with Crippen LogP contribution in [-0.4, -0.2) is 15.7 Å². The summed E-state index contributed by atoms with van der Waals surface area (Å²) in [7, 11) is 3.07. The number of anilines is 1. The number of hydrogen-bond acceptors (Lipinski definition) is 5. The zero-order valence-electron chi connectivity index (χ0n) is 17.8. The van der Waals surface area contributed by atoms with Crippen LogP contribution in [0.5, 0.6) is 5.75 Å². The topological polar surface area (TPSA) is 78.4 Å². The fourth-order valence-corrected chi connectivity index (χ4v) is 3.54. The summed E-state index contributed by atoms with van der Waals surface area (Å²) in [4.78, 5) is 25.4. The normalized spacial score (nSPS) is 11.1. The zero-order valence-corrected chi connectivity index (χ0v) is 17.8. The van der Waals surface area contributed by atoms with E-state index in [0.717, 1.165) is 27.9 Å². The van der Waals surface area contributed by atoms with Crippen LogP contribution in [-0.2, 0) is 20.6 Å². The molecule has 2 heterocycles. The maximum atomic E-state index is 13.0. The van der Waals surface area contributed by atoms with E-state index < -0.39 is 11.2 Å². The third-order valence-electron chi connectivity index (χ3n) is 5.20. The fourth-order valence-electron chi connectivity index (χ4n) is 3.54. The molecule has 0 aliphatic heterocycles. The first-order valence-electron chi connectivity index (χ1n) is 10.2. The highest BCUT2D eigenvalue weighted by Gasteiger charge is 2.23. The Bertz CT molecular complexity index is 1320. The Kier molecular flexibility index (Phi) is 5.66. The van der Waals surface area contributed by atoms with Crippen molar-refractivity contribution < 1.29 is 9.15 Å². The van der Waals surface area contributed by atoms with Gasteiger partial charge in [-0.05, 0) is 29.7 Å². The highest BCUT2D eigenvalue weighted by Crippen LogP contribution is 2.37. The Morgan fingerprint density at radius 3 is 2.35 bits per heavy atom. The van der Waals surface area contributed by atoms with E-state index in [4.69, 9.17) is 9.15 Å². The van der Waals surface area contributed by atoms with Crippen LogP contribution in [0.3, 0.4) is 0 Å². The van der Waals surface area contributed by atoms with Crippen molar-refractivity contribution >= 4 is 17.0 Å². The molecule has 1 N–H and O–H groups in total. The average Bonchev–Trinajstić information content (AvgIpc) is 3.19. The number of rotatable bonds is 7. The van der Waals surface area contributed by atoms with E-state index >= 15 is 0 Å². The molecule has 0 amide bonds. The molecule has 0 aliphatic carbocycles. The van der Waals surface area contributed by atoms with Gasteiger partial charge in [-0.15, -0.1) is 0 Å². The van der Waals surface area contributed by atoms with E-state index in [0.29, 0.717) is 30.0 Å². The summed E-state index contributed by atoms with van der Waals surface area (Å²) in [5.41, 5.74) is 1.91. The minimum absolute atomic E-state index is 0.241. The SMILES string of the molecule is CCCOc1ccc(-c2c(NCc3ccccc3)oc3c2c(=O)n(C)c(=O)n3C)cc1. The second-order valence-corrected chi connectivity index (χ2v) is 7.40. The van der Waals surface area contributed by atoms with Gasteiger partial charge in [0.05, 0.1) is 12.2 Å². The Labute approximate surface area is 179 Å². The monoisotopic (exact) mass is 419 g/mol. The van der Waals surface area contributed by atoms with Crippen LogP contribution in [0, 0.1) is 0 Å². The molecule has 0 spiro atoms. The maximum Gasteiger partial charge on any atom is 0.333 e. The molecule has 31 heavy (non-hydrogen) atoms. The second kappa shape index (κ2) is 8.55.